The Morgan fingerprint density at radius 1 is 1.19 bits per heavy atom. The Hall–Kier alpha value is -3.04. The molecule has 32 heavy (non-hydrogen) atoms. The molecular weight excluding hydrogens is 421 g/mol. The van der Waals surface area contributed by atoms with Crippen molar-refractivity contribution in [2.75, 3.05) is 24.6 Å². The fraction of sp³-hybridized carbons (Fsp3) is 0.348. The molecule has 0 atom stereocenters. The summed E-state index contributed by atoms with van der Waals surface area (Å²) in [7, 11) is 0. The van der Waals surface area contributed by atoms with Crippen LogP contribution >= 0.6 is 0 Å². The van der Waals surface area contributed by atoms with Crippen molar-refractivity contribution in [2.45, 2.75) is 26.1 Å². The zero-order valence-electron chi connectivity index (χ0n) is 17.8. The van der Waals surface area contributed by atoms with Crippen LogP contribution in [0.4, 0.5) is 18.9 Å². The SMILES string of the molecule is Cc1cccc(N(N)/C=C(\N)C2CCN(CC(=O)c3ccc(OC(F)(F)F)cc3)CC2)c1. The van der Waals surface area contributed by atoms with Gasteiger partial charge in [0.05, 0.1) is 12.2 Å². The molecule has 4 N–H and O–H groups in total. The summed E-state index contributed by atoms with van der Waals surface area (Å²) < 4.78 is 40.6. The topological polar surface area (TPSA) is 84.8 Å². The number of aryl methyl sites for hydroxylation is 1. The van der Waals surface area contributed by atoms with Crippen LogP contribution in [0.1, 0.15) is 28.8 Å². The lowest BCUT2D eigenvalue weighted by molar-refractivity contribution is -0.274. The standard InChI is InChI=1S/C23H27F3N4O2/c1-16-3-2-4-19(13-16)30(28)14-21(27)17-9-11-29(12-10-17)15-22(31)18-5-7-20(8-6-18)32-23(24,25)26/h2-8,13-14,17H,9-12,15,27-28H2,1H3/b21-14-. The monoisotopic (exact) mass is 448 g/mol. The van der Waals surface area contributed by atoms with Gasteiger partial charge in [-0.15, -0.1) is 13.2 Å². The molecule has 2 aromatic carbocycles. The molecule has 1 heterocycles. The van der Waals surface area contributed by atoms with Crippen LogP contribution < -0.4 is 21.3 Å². The van der Waals surface area contributed by atoms with Crippen molar-refractivity contribution in [3.05, 3.63) is 71.6 Å². The van der Waals surface area contributed by atoms with Crippen LogP contribution in [0.5, 0.6) is 5.75 Å². The molecule has 0 saturated carbocycles. The molecule has 1 aliphatic heterocycles. The number of ether oxygens (including phenoxy) is 1. The number of anilines is 1. The lowest BCUT2D eigenvalue weighted by atomic mass is 9.93. The number of benzene rings is 2. The predicted octanol–water partition coefficient (Wildman–Crippen LogP) is 3.97. The molecule has 1 aliphatic rings. The number of halogens is 3. The highest BCUT2D eigenvalue weighted by molar-refractivity contribution is 5.97. The van der Waals surface area contributed by atoms with E-state index in [1.165, 1.54) is 17.1 Å². The first-order valence-electron chi connectivity index (χ1n) is 10.3. The van der Waals surface area contributed by atoms with Gasteiger partial charge in [-0.05, 0) is 74.8 Å². The third-order valence-corrected chi connectivity index (χ3v) is 5.42. The lowest BCUT2D eigenvalue weighted by Gasteiger charge is -2.32. The fourth-order valence-corrected chi connectivity index (χ4v) is 3.69. The number of carbonyl (C=O) groups is 1. The van der Waals surface area contributed by atoms with Gasteiger partial charge in [-0.25, -0.2) is 5.84 Å². The van der Waals surface area contributed by atoms with Gasteiger partial charge >= 0.3 is 6.36 Å². The molecule has 1 fully saturated rings. The molecule has 0 aromatic heterocycles. The van der Waals surface area contributed by atoms with Gasteiger partial charge in [0.15, 0.2) is 5.78 Å². The summed E-state index contributed by atoms with van der Waals surface area (Å²) in [6, 6.07) is 12.8. The van der Waals surface area contributed by atoms with Crippen molar-refractivity contribution in [1.82, 2.24) is 4.90 Å². The minimum absolute atomic E-state index is 0.155. The quantitative estimate of drug-likeness (QED) is 0.379. The van der Waals surface area contributed by atoms with Crippen molar-refractivity contribution in [2.24, 2.45) is 17.5 Å². The van der Waals surface area contributed by atoms with Crippen molar-refractivity contribution in [3.63, 3.8) is 0 Å². The Morgan fingerprint density at radius 3 is 2.44 bits per heavy atom. The zero-order valence-corrected chi connectivity index (χ0v) is 17.8. The Morgan fingerprint density at radius 2 is 1.84 bits per heavy atom. The number of nitrogens with zero attached hydrogens (tertiary/aromatic N) is 2. The molecule has 1 saturated heterocycles. The molecule has 2 aromatic rings. The molecule has 0 radical (unpaired) electrons. The number of piperidine rings is 1. The number of likely N-dealkylation sites (tertiary alicyclic amines) is 1. The first kappa shape index (κ1) is 23.6. The van der Waals surface area contributed by atoms with E-state index in [0.29, 0.717) is 24.4 Å². The summed E-state index contributed by atoms with van der Waals surface area (Å²) in [5.41, 5.74) is 9.27. The van der Waals surface area contributed by atoms with E-state index in [1.54, 1.807) is 6.20 Å². The number of alkyl halides is 3. The van der Waals surface area contributed by atoms with Crippen LogP contribution in [0.15, 0.2) is 60.4 Å². The average molecular weight is 448 g/mol. The third kappa shape index (κ3) is 6.73. The molecule has 0 bridgehead atoms. The van der Waals surface area contributed by atoms with Gasteiger partial charge in [-0.2, -0.15) is 0 Å². The molecule has 0 amide bonds. The van der Waals surface area contributed by atoms with Crippen molar-refractivity contribution in [3.8, 4) is 5.75 Å². The van der Waals surface area contributed by atoms with Gasteiger partial charge < -0.3 is 10.5 Å². The number of allylic oxidation sites excluding steroid dienone is 1. The second-order valence-electron chi connectivity index (χ2n) is 7.92. The summed E-state index contributed by atoms with van der Waals surface area (Å²) in [5, 5.41) is 1.52. The van der Waals surface area contributed by atoms with E-state index in [4.69, 9.17) is 11.6 Å². The molecule has 6 nitrogen and oxygen atoms in total. The summed E-state index contributed by atoms with van der Waals surface area (Å²) in [4.78, 5) is 14.5. The molecule has 172 valence electrons. The van der Waals surface area contributed by atoms with Gasteiger partial charge in [0.2, 0.25) is 0 Å². The molecule has 0 unspecified atom stereocenters. The number of nitrogens with two attached hydrogens (primary N) is 2. The van der Waals surface area contributed by atoms with Crippen LogP contribution in [-0.2, 0) is 0 Å². The predicted molar refractivity (Wildman–Crippen MR) is 117 cm³/mol. The fourth-order valence-electron chi connectivity index (χ4n) is 3.69. The highest BCUT2D eigenvalue weighted by atomic mass is 19.4. The van der Waals surface area contributed by atoms with Crippen LogP contribution in [0.3, 0.4) is 0 Å². The van der Waals surface area contributed by atoms with E-state index in [-0.39, 0.29) is 24.0 Å². The minimum atomic E-state index is -4.76. The first-order chi connectivity index (χ1) is 15.1. The number of rotatable bonds is 7. The molecule has 0 aliphatic carbocycles. The van der Waals surface area contributed by atoms with E-state index in [1.807, 2.05) is 36.1 Å². The maximum absolute atomic E-state index is 12.5. The maximum Gasteiger partial charge on any atom is 0.573 e. The number of Topliss-reactive ketones (excluding diaryl/α,β-unsaturated/α-hetero) is 1. The number of carbonyl (C=O) groups excluding carboxylic acids is 1. The van der Waals surface area contributed by atoms with Gasteiger partial charge in [0.25, 0.3) is 0 Å². The van der Waals surface area contributed by atoms with Crippen LogP contribution in [0.2, 0.25) is 0 Å². The van der Waals surface area contributed by atoms with Gasteiger partial charge in [0, 0.05) is 23.4 Å². The number of ketones is 1. The lowest BCUT2D eigenvalue weighted by Crippen LogP contribution is -2.39. The van der Waals surface area contributed by atoms with Crippen molar-refractivity contribution >= 4 is 11.5 Å². The highest BCUT2D eigenvalue weighted by Crippen LogP contribution is 2.25. The smallest absolute Gasteiger partial charge is 0.406 e. The third-order valence-electron chi connectivity index (χ3n) is 5.42. The highest BCUT2D eigenvalue weighted by Gasteiger charge is 2.31. The first-order valence-corrected chi connectivity index (χ1v) is 10.3. The average Bonchev–Trinajstić information content (AvgIpc) is 2.73. The van der Waals surface area contributed by atoms with Crippen LogP contribution in [0, 0.1) is 12.8 Å². The van der Waals surface area contributed by atoms with Crippen molar-refractivity contribution in [1.29, 1.82) is 0 Å². The largest absolute Gasteiger partial charge is 0.573 e. The van der Waals surface area contributed by atoms with Gasteiger partial charge in [0.1, 0.15) is 5.75 Å². The zero-order chi connectivity index (χ0) is 23.3. The van der Waals surface area contributed by atoms with E-state index < -0.39 is 6.36 Å². The van der Waals surface area contributed by atoms with E-state index in [2.05, 4.69) is 4.74 Å². The summed E-state index contributed by atoms with van der Waals surface area (Å²) >= 11 is 0. The Balaban J connectivity index is 1.50. The van der Waals surface area contributed by atoms with Gasteiger partial charge in [-0.3, -0.25) is 14.7 Å². The van der Waals surface area contributed by atoms with E-state index in [0.717, 1.165) is 36.2 Å². The van der Waals surface area contributed by atoms with Gasteiger partial charge in [-0.1, -0.05) is 12.1 Å². The molecule has 3 rings (SSSR count). The Labute approximate surface area is 185 Å². The minimum Gasteiger partial charge on any atom is -0.406 e. The Kier molecular flexibility index (Phi) is 7.42. The summed E-state index contributed by atoms with van der Waals surface area (Å²) in [6.07, 6.45) is -1.44. The second kappa shape index (κ2) is 10.1. The maximum atomic E-state index is 12.5. The molecular formula is C23H27F3N4O2. The van der Waals surface area contributed by atoms with E-state index >= 15 is 0 Å². The van der Waals surface area contributed by atoms with E-state index in [9.17, 15) is 18.0 Å². The summed E-state index contributed by atoms with van der Waals surface area (Å²) in [5.74, 6) is 5.78. The Bertz CT molecular complexity index is 952. The molecule has 9 heteroatoms. The van der Waals surface area contributed by atoms with Crippen LogP contribution in [0.25, 0.3) is 0 Å². The number of hydrazine groups is 1. The summed E-state index contributed by atoms with van der Waals surface area (Å²) in [6.45, 7) is 3.57. The van der Waals surface area contributed by atoms with Crippen molar-refractivity contribution < 1.29 is 22.7 Å². The normalized spacial score (nSPS) is 16.1. The second-order valence-corrected chi connectivity index (χ2v) is 7.92. The van der Waals surface area contributed by atoms with Crippen LogP contribution in [-0.4, -0.2) is 36.7 Å². The molecule has 0 spiro atoms. The number of hydrogen-bond acceptors (Lipinski definition) is 6. The number of hydrogen-bond donors (Lipinski definition) is 2.